The zero-order valence-corrected chi connectivity index (χ0v) is 25.9. The smallest absolute Gasteiger partial charge is 0.416 e. The first-order valence-corrected chi connectivity index (χ1v) is 16.2. The van der Waals surface area contributed by atoms with Crippen molar-refractivity contribution in [3.05, 3.63) is 94.1 Å². The summed E-state index contributed by atoms with van der Waals surface area (Å²) in [5.41, 5.74) is 4.92. The number of aryl methyl sites for hydroxylation is 1. The molecule has 4 N–H and O–H groups in total. The predicted molar refractivity (Wildman–Crippen MR) is 170 cm³/mol. The van der Waals surface area contributed by atoms with Crippen molar-refractivity contribution in [2.75, 3.05) is 19.7 Å². The van der Waals surface area contributed by atoms with Gasteiger partial charge in [0.15, 0.2) is 5.78 Å². The molecule has 0 spiro atoms. The molecule has 1 aliphatic rings. The van der Waals surface area contributed by atoms with E-state index in [0.29, 0.717) is 29.5 Å². The number of nitrogens with one attached hydrogen (secondary N) is 2. The summed E-state index contributed by atoms with van der Waals surface area (Å²) in [5.74, 6) is 0.629. The number of amides is 1. The van der Waals surface area contributed by atoms with Crippen molar-refractivity contribution < 1.29 is 28.2 Å². The van der Waals surface area contributed by atoms with E-state index in [9.17, 15) is 18.7 Å². The van der Waals surface area contributed by atoms with Crippen LogP contribution in [0.4, 0.5) is 4.79 Å². The van der Waals surface area contributed by atoms with Crippen LogP contribution in [0.15, 0.2) is 66.7 Å². The number of carbonyl (C=O) groups is 2. The van der Waals surface area contributed by atoms with Gasteiger partial charge in [-0.3, -0.25) is 18.8 Å². The molecule has 5 rings (SSSR count). The Kier molecular flexibility index (Phi) is 9.33. The molecule has 228 valence electrons. The van der Waals surface area contributed by atoms with Crippen molar-refractivity contribution in [3.8, 4) is 11.5 Å². The number of fused-ring (bicyclic) bond motifs is 3. The van der Waals surface area contributed by atoms with Gasteiger partial charge in [0.1, 0.15) is 24.1 Å². The molecule has 0 aliphatic carbocycles. The lowest BCUT2D eigenvalue weighted by Crippen LogP contribution is -2.42. The van der Waals surface area contributed by atoms with Crippen molar-refractivity contribution in [3.63, 3.8) is 0 Å². The van der Waals surface area contributed by atoms with Crippen LogP contribution in [0.2, 0.25) is 5.02 Å². The normalized spacial score (nSPS) is 15.4. The molecule has 0 bridgehead atoms. The van der Waals surface area contributed by atoms with Gasteiger partial charge in [-0.1, -0.05) is 42.8 Å². The summed E-state index contributed by atoms with van der Waals surface area (Å²) in [6, 6.07) is 20.0. The maximum Gasteiger partial charge on any atom is 0.416 e. The van der Waals surface area contributed by atoms with E-state index in [-0.39, 0.29) is 18.9 Å². The molecule has 1 aromatic heterocycles. The van der Waals surface area contributed by atoms with E-state index in [0.717, 1.165) is 39.7 Å². The van der Waals surface area contributed by atoms with E-state index in [4.69, 9.17) is 21.1 Å². The van der Waals surface area contributed by atoms with Gasteiger partial charge in [0, 0.05) is 28.2 Å². The summed E-state index contributed by atoms with van der Waals surface area (Å²) >= 11 is 6.32. The Morgan fingerprint density at radius 3 is 2.44 bits per heavy atom. The Labute approximate surface area is 257 Å². The lowest BCUT2D eigenvalue weighted by molar-refractivity contribution is -0.119. The third kappa shape index (κ3) is 7.00. The quantitative estimate of drug-likeness (QED) is 0.148. The van der Waals surface area contributed by atoms with Crippen LogP contribution in [-0.4, -0.2) is 55.8 Å². The van der Waals surface area contributed by atoms with Crippen LogP contribution in [0.1, 0.15) is 49.2 Å². The molecule has 1 amide bonds. The number of rotatable bonds is 10. The Balaban J connectivity index is 1.37. The fraction of sp³-hybridized carbons (Fsp3) is 0.312. The number of ketones is 1. The van der Waals surface area contributed by atoms with Crippen LogP contribution in [-0.2, 0) is 17.6 Å². The highest BCUT2D eigenvalue weighted by Gasteiger charge is 2.36. The minimum Gasteiger partial charge on any atom is -0.486 e. The number of aromatic nitrogens is 1. The molecule has 0 saturated heterocycles. The van der Waals surface area contributed by atoms with Crippen molar-refractivity contribution in [2.24, 2.45) is 0 Å². The molecule has 2 heterocycles. The van der Waals surface area contributed by atoms with Crippen molar-refractivity contribution in [1.29, 1.82) is 0 Å². The highest BCUT2D eigenvalue weighted by Crippen LogP contribution is 2.40. The summed E-state index contributed by atoms with van der Waals surface area (Å²) in [4.78, 5) is 31.1. The number of nitrogens with zero attached hydrogens (tertiary/aromatic N) is 1. The van der Waals surface area contributed by atoms with Gasteiger partial charge in [0.25, 0.3) is 0 Å². The number of hydrogen-bond donors (Lipinski definition) is 4. The molecule has 3 aromatic carbocycles. The molecule has 43 heavy (non-hydrogen) atoms. The second kappa shape index (κ2) is 13.0. The number of hydrogen-bond acceptors (Lipinski definition) is 7. The molecule has 9 nitrogen and oxygen atoms in total. The lowest BCUT2D eigenvalue weighted by Gasteiger charge is -2.36. The zero-order valence-electron chi connectivity index (χ0n) is 24.3. The number of aromatic amines is 1. The van der Waals surface area contributed by atoms with Gasteiger partial charge < -0.3 is 14.5 Å². The van der Waals surface area contributed by atoms with Gasteiger partial charge in [-0.2, -0.15) is 0 Å². The van der Waals surface area contributed by atoms with E-state index in [1.54, 1.807) is 43.0 Å². The Bertz CT molecular complexity index is 1600. The van der Waals surface area contributed by atoms with Crippen LogP contribution in [0.5, 0.6) is 11.5 Å². The van der Waals surface area contributed by atoms with E-state index in [1.807, 2.05) is 42.5 Å². The standard InChI is InChI=1S/C32H36ClN3O6S/c1-4-21-5-10-26(11-6-21)42-32(38)36-16-15-27-28-17-23(33)9-14-29(28)35-30(27)31(36)22-7-12-25(13-8-22)41-19-24(37)18-34-43(39,40)20(2)3/h5-14,17,20,31,34-35,39-40H,4,15-16,18-19H2,1-3H3. The molecule has 1 atom stereocenters. The molecule has 4 aromatic rings. The number of Topliss-reactive ketones (excluding diaryl/α,β-unsaturated/α-hetero) is 1. The fourth-order valence-corrected chi connectivity index (χ4v) is 5.95. The molecule has 1 unspecified atom stereocenters. The highest BCUT2D eigenvalue weighted by atomic mass is 35.5. The maximum atomic E-state index is 13.6. The van der Waals surface area contributed by atoms with Crippen molar-refractivity contribution in [2.45, 2.75) is 44.9 Å². The Morgan fingerprint density at radius 1 is 1.07 bits per heavy atom. The predicted octanol–water partition coefficient (Wildman–Crippen LogP) is 7.14. The van der Waals surface area contributed by atoms with E-state index >= 15 is 0 Å². The molecule has 0 fully saturated rings. The summed E-state index contributed by atoms with van der Waals surface area (Å²) in [6.07, 6.45) is 1.07. The Morgan fingerprint density at radius 2 is 1.77 bits per heavy atom. The number of halogens is 1. The first-order chi connectivity index (χ1) is 20.6. The van der Waals surface area contributed by atoms with Crippen LogP contribution in [0, 0.1) is 0 Å². The molecule has 11 heteroatoms. The van der Waals surface area contributed by atoms with Crippen molar-refractivity contribution >= 4 is 45.2 Å². The van der Waals surface area contributed by atoms with Crippen LogP contribution < -0.4 is 14.2 Å². The second-order valence-corrected chi connectivity index (χ2v) is 13.6. The molecular formula is C32H36ClN3O6S. The van der Waals surface area contributed by atoms with Crippen molar-refractivity contribution in [1.82, 2.24) is 14.6 Å². The van der Waals surface area contributed by atoms with E-state index in [2.05, 4.69) is 16.6 Å². The molecular weight excluding hydrogens is 590 g/mol. The van der Waals surface area contributed by atoms with Gasteiger partial charge in [0.05, 0.1) is 11.8 Å². The van der Waals surface area contributed by atoms with E-state index in [1.165, 1.54) is 0 Å². The minimum absolute atomic E-state index is 0.216. The SMILES string of the molecule is CCc1ccc(OC(=O)N2CCc3c([nH]c4ccc(Cl)cc34)C2c2ccc(OCC(=O)CNS(O)(O)C(C)C)cc2)cc1. The van der Waals surface area contributed by atoms with Crippen LogP contribution >= 0.6 is 22.4 Å². The average molecular weight is 626 g/mol. The van der Waals surface area contributed by atoms with Gasteiger partial charge in [0.2, 0.25) is 0 Å². The third-order valence-corrected chi connectivity index (χ3v) is 9.71. The molecule has 0 saturated carbocycles. The number of ether oxygens (including phenoxy) is 2. The maximum absolute atomic E-state index is 13.6. The summed E-state index contributed by atoms with van der Waals surface area (Å²) in [7, 11) is -3.05. The monoisotopic (exact) mass is 625 g/mol. The number of benzene rings is 3. The van der Waals surface area contributed by atoms with Gasteiger partial charge in [-0.05, 0) is 85.8 Å². The number of carbonyl (C=O) groups excluding carboxylic acids is 2. The summed E-state index contributed by atoms with van der Waals surface area (Å²) in [6.45, 7) is 5.39. The lowest BCUT2D eigenvalue weighted by atomic mass is 9.92. The van der Waals surface area contributed by atoms with Crippen LogP contribution in [0.3, 0.4) is 0 Å². The summed E-state index contributed by atoms with van der Waals surface area (Å²) < 4.78 is 33.9. The van der Waals surface area contributed by atoms with Crippen LogP contribution in [0.25, 0.3) is 10.9 Å². The first kappa shape index (κ1) is 30.9. The average Bonchev–Trinajstić information content (AvgIpc) is 3.37. The first-order valence-electron chi connectivity index (χ1n) is 14.2. The van der Waals surface area contributed by atoms with Gasteiger partial charge in [-0.15, -0.1) is 10.8 Å². The molecule has 0 radical (unpaired) electrons. The fourth-order valence-electron chi connectivity index (χ4n) is 5.07. The molecule has 1 aliphatic heterocycles. The largest absolute Gasteiger partial charge is 0.486 e. The number of H-pyrrole nitrogens is 1. The second-order valence-electron chi connectivity index (χ2n) is 10.8. The topological polar surface area (TPSA) is 124 Å². The Hall–Kier alpha value is -3.54. The van der Waals surface area contributed by atoms with E-state index < -0.39 is 28.2 Å². The zero-order chi connectivity index (χ0) is 30.7. The summed E-state index contributed by atoms with van der Waals surface area (Å²) in [5, 5.41) is 1.25. The van der Waals surface area contributed by atoms with Gasteiger partial charge in [-0.25, -0.2) is 9.52 Å². The van der Waals surface area contributed by atoms with Gasteiger partial charge >= 0.3 is 6.09 Å². The minimum atomic E-state index is -3.05. The highest BCUT2D eigenvalue weighted by molar-refractivity contribution is 8.23. The third-order valence-electron chi connectivity index (χ3n) is 7.60.